The highest BCUT2D eigenvalue weighted by atomic mass is 79.9. The quantitative estimate of drug-likeness (QED) is 0.616. The lowest BCUT2D eigenvalue weighted by atomic mass is 10.3. The van der Waals surface area contributed by atoms with Crippen LogP contribution in [0.4, 0.5) is 11.5 Å². The molecule has 0 saturated carbocycles. The summed E-state index contributed by atoms with van der Waals surface area (Å²) < 4.78 is 5.65. The van der Waals surface area contributed by atoms with E-state index in [2.05, 4.69) is 31.7 Å². The first-order chi connectivity index (χ1) is 13.3. The van der Waals surface area contributed by atoms with Crippen molar-refractivity contribution in [1.82, 2.24) is 10.1 Å². The zero-order chi connectivity index (χ0) is 20.7. The Balaban J connectivity index is 1.76. The van der Waals surface area contributed by atoms with Crippen molar-refractivity contribution >= 4 is 56.9 Å². The lowest BCUT2D eigenvalue weighted by Crippen LogP contribution is -2.36. The van der Waals surface area contributed by atoms with E-state index >= 15 is 0 Å². The molecule has 10 heteroatoms. The summed E-state index contributed by atoms with van der Waals surface area (Å²) >= 11 is 4.53. The van der Waals surface area contributed by atoms with Crippen molar-refractivity contribution in [1.29, 1.82) is 0 Å². The number of aromatic nitrogens is 1. The predicted octanol–water partition coefficient (Wildman–Crippen LogP) is 2.90. The normalized spacial score (nSPS) is 11.6. The molecule has 0 radical (unpaired) electrons. The maximum Gasteiger partial charge on any atom is 0.244 e. The molecular weight excluding hydrogens is 448 g/mol. The van der Waals surface area contributed by atoms with Gasteiger partial charge in [-0.2, -0.15) is 0 Å². The number of nitrogens with one attached hydrogen (secondary N) is 2. The van der Waals surface area contributed by atoms with Gasteiger partial charge in [0, 0.05) is 17.6 Å². The summed E-state index contributed by atoms with van der Waals surface area (Å²) in [7, 11) is 1.55. The number of rotatable bonds is 8. The third kappa shape index (κ3) is 6.68. The van der Waals surface area contributed by atoms with E-state index in [0.717, 1.165) is 4.47 Å². The van der Waals surface area contributed by atoms with Crippen LogP contribution >= 0.6 is 27.7 Å². The van der Waals surface area contributed by atoms with Crippen molar-refractivity contribution in [3.05, 3.63) is 40.6 Å². The molecule has 1 aromatic carbocycles. The number of carbonyl (C=O) groups excluding carboxylic acids is 3. The standard InChI is InChI=1S/C18H21BrN4O4S/c1-11-8-15(22-27-11)21-18(26)12(2)28-10-17(25)23(3)9-16(24)20-14-7-5-4-6-13(14)19/h4-8,12H,9-10H2,1-3H3,(H,20,24)(H,21,22,26)/t12-/m1/s1. The van der Waals surface area contributed by atoms with E-state index in [1.54, 1.807) is 39.1 Å². The molecule has 0 fully saturated rings. The van der Waals surface area contributed by atoms with Gasteiger partial charge in [-0.3, -0.25) is 14.4 Å². The fourth-order valence-corrected chi connectivity index (χ4v) is 3.30. The summed E-state index contributed by atoms with van der Waals surface area (Å²) in [6.07, 6.45) is 0. The number of amides is 3. The second kappa shape index (κ2) is 10.3. The molecule has 0 saturated heterocycles. The maximum absolute atomic E-state index is 12.2. The Bertz CT molecular complexity index is 858. The molecule has 150 valence electrons. The molecule has 0 bridgehead atoms. The number of halogens is 1. The number of hydrogen-bond acceptors (Lipinski definition) is 6. The van der Waals surface area contributed by atoms with Crippen molar-refractivity contribution in [2.75, 3.05) is 30.0 Å². The highest BCUT2D eigenvalue weighted by Gasteiger charge is 2.19. The smallest absolute Gasteiger partial charge is 0.244 e. The highest BCUT2D eigenvalue weighted by molar-refractivity contribution is 9.10. The Morgan fingerprint density at radius 2 is 2.00 bits per heavy atom. The predicted molar refractivity (Wildman–Crippen MR) is 112 cm³/mol. The lowest BCUT2D eigenvalue weighted by molar-refractivity contribution is -0.131. The first-order valence-electron chi connectivity index (χ1n) is 8.40. The van der Waals surface area contributed by atoms with E-state index in [1.165, 1.54) is 16.7 Å². The van der Waals surface area contributed by atoms with Gasteiger partial charge in [0.15, 0.2) is 5.82 Å². The number of carbonyl (C=O) groups is 3. The molecule has 0 aliphatic carbocycles. The molecule has 2 N–H and O–H groups in total. The molecule has 1 heterocycles. The van der Waals surface area contributed by atoms with Gasteiger partial charge in [-0.25, -0.2) is 0 Å². The third-order valence-corrected chi connectivity index (χ3v) is 5.48. The summed E-state index contributed by atoms with van der Waals surface area (Å²) in [6.45, 7) is 3.33. The van der Waals surface area contributed by atoms with Crippen LogP contribution in [-0.4, -0.2) is 52.4 Å². The summed E-state index contributed by atoms with van der Waals surface area (Å²) in [4.78, 5) is 37.8. The van der Waals surface area contributed by atoms with Crippen LogP contribution in [0, 0.1) is 6.92 Å². The Labute approximate surface area is 175 Å². The fourth-order valence-electron chi connectivity index (χ4n) is 2.09. The second-order valence-electron chi connectivity index (χ2n) is 6.04. The van der Waals surface area contributed by atoms with Gasteiger partial charge < -0.3 is 20.1 Å². The average molecular weight is 469 g/mol. The van der Waals surface area contributed by atoms with Crippen molar-refractivity contribution in [3.63, 3.8) is 0 Å². The Hall–Kier alpha value is -2.33. The van der Waals surface area contributed by atoms with Crippen molar-refractivity contribution in [3.8, 4) is 0 Å². The molecule has 2 aromatic rings. The summed E-state index contributed by atoms with van der Waals surface area (Å²) in [5.74, 6) is 0.172. The summed E-state index contributed by atoms with van der Waals surface area (Å²) in [5.41, 5.74) is 0.635. The summed E-state index contributed by atoms with van der Waals surface area (Å²) in [6, 6.07) is 8.83. The molecule has 0 spiro atoms. The van der Waals surface area contributed by atoms with Crippen LogP contribution in [0.2, 0.25) is 0 Å². The topological polar surface area (TPSA) is 105 Å². The minimum atomic E-state index is -0.469. The van der Waals surface area contributed by atoms with E-state index in [4.69, 9.17) is 4.52 Å². The lowest BCUT2D eigenvalue weighted by Gasteiger charge is -2.18. The maximum atomic E-state index is 12.2. The molecular formula is C18H21BrN4O4S. The van der Waals surface area contributed by atoms with E-state index in [1.807, 2.05) is 12.1 Å². The Morgan fingerprint density at radius 3 is 2.64 bits per heavy atom. The molecule has 28 heavy (non-hydrogen) atoms. The number of para-hydroxylation sites is 1. The minimum Gasteiger partial charge on any atom is -0.360 e. The number of nitrogens with zero attached hydrogens (tertiary/aromatic N) is 2. The number of thioether (sulfide) groups is 1. The fraction of sp³-hybridized carbons (Fsp3) is 0.333. The van der Waals surface area contributed by atoms with Gasteiger partial charge in [0.1, 0.15) is 5.76 Å². The molecule has 2 rings (SSSR count). The second-order valence-corrected chi connectivity index (χ2v) is 8.23. The zero-order valence-corrected chi connectivity index (χ0v) is 18.1. The third-order valence-electron chi connectivity index (χ3n) is 3.66. The monoisotopic (exact) mass is 468 g/mol. The van der Waals surface area contributed by atoms with Crippen molar-refractivity contribution in [2.24, 2.45) is 0 Å². The Morgan fingerprint density at radius 1 is 1.29 bits per heavy atom. The molecule has 0 unspecified atom stereocenters. The van der Waals surface area contributed by atoms with Gasteiger partial charge in [0.25, 0.3) is 0 Å². The van der Waals surface area contributed by atoms with Crippen LogP contribution in [-0.2, 0) is 14.4 Å². The van der Waals surface area contributed by atoms with Crippen LogP contribution in [0.15, 0.2) is 39.3 Å². The molecule has 8 nitrogen and oxygen atoms in total. The van der Waals surface area contributed by atoms with Crippen LogP contribution in [0.3, 0.4) is 0 Å². The van der Waals surface area contributed by atoms with Gasteiger partial charge in [-0.1, -0.05) is 17.3 Å². The molecule has 1 aromatic heterocycles. The van der Waals surface area contributed by atoms with Gasteiger partial charge in [-0.05, 0) is 41.9 Å². The van der Waals surface area contributed by atoms with Crippen molar-refractivity contribution < 1.29 is 18.9 Å². The number of likely N-dealkylation sites (N-methyl/N-ethyl adjacent to an activating group) is 1. The van der Waals surface area contributed by atoms with E-state index in [-0.39, 0.29) is 30.0 Å². The van der Waals surface area contributed by atoms with Gasteiger partial charge in [0.05, 0.1) is 23.2 Å². The first kappa shape index (κ1) is 22.0. The Kier molecular flexibility index (Phi) is 8.06. The van der Waals surface area contributed by atoms with Crippen LogP contribution < -0.4 is 10.6 Å². The van der Waals surface area contributed by atoms with Gasteiger partial charge in [-0.15, -0.1) is 11.8 Å². The highest BCUT2D eigenvalue weighted by Crippen LogP contribution is 2.21. The van der Waals surface area contributed by atoms with E-state index in [9.17, 15) is 14.4 Å². The zero-order valence-electron chi connectivity index (χ0n) is 15.7. The first-order valence-corrected chi connectivity index (χ1v) is 10.2. The SMILES string of the molecule is Cc1cc(NC(=O)[C@@H](C)SCC(=O)N(C)CC(=O)Nc2ccccc2Br)no1. The molecule has 3 amide bonds. The number of benzene rings is 1. The number of anilines is 2. The molecule has 0 aliphatic heterocycles. The number of aryl methyl sites for hydroxylation is 1. The largest absolute Gasteiger partial charge is 0.360 e. The van der Waals surface area contributed by atoms with E-state index < -0.39 is 5.25 Å². The van der Waals surface area contributed by atoms with Gasteiger partial charge >= 0.3 is 0 Å². The van der Waals surface area contributed by atoms with E-state index in [0.29, 0.717) is 17.3 Å². The minimum absolute atomic E-state index is 0.0746. The molecule has 0 aliphatic rings. The summed E-state index contributed by atoms with van der Waals surface area (Å²) in [5, 5.41) is 8.59. The van der Waals surface area contributed by atoms with Crippen molar-refractivity contribution in [2.45, 2.75) is 19.1 Å². The number of hydrogen-bond donors (Lipinski definition) is 2. The van der Waals surface area contributed by atoms with Crippen LogP contribution in [0.5, 0.6) is 0 Å². The average Bonchev–Trinajstić information content (AvgIpc) is 3.05. The van der Waals surface area contributed by atoms with Crippen LogP contribution in [0.1, 0.15) is 12.7 Å². The molecule has 1 atom stereocenters. The van der Waals surface area contributed by atoms with Crippen LogP contribution in [0.25, 0.3) is 0 Å². The van der Waals surface area contributed by atoms with Gasteiger partial charge in [0.2, 0.25) is 17.7 Å².